The summed E-state index contributed by atoms with van der Waals surface area (Å²) >= 11 is 0. The zero-order valence-electron chi connectivity index (χ0n) is 24.0. The monoisotopic (exact) mass is 542 g/mol. The molecule has 2 aliphatic heterocycles. The highest BCUT2D eigenvalue weighted by Crippen LogP contribution is 2.67. The molecule has 1 saturated carbocycles. The van der Waals surface area contributed by atoms with Crippen LogP contribution in [0.15, 0.2) is 59.5 Å². The summed E-state index contributed by atoms with van der Waals surface area (Å²) in [6.45, 7) is 17.2. The Morgan fingerprint density at radius 1 is 1.26 bits per heavy atom. The summed E-state index contributed by atoms with van der Waals surface area (Å²) in [5.74, 6) is -1.69. The number of carbonyl (C=O) groups is 1. The minimum Gasteiger partial charge on any atom is -0.480 e. The Kier molecular flexibility index (Phi) is 7.43. The first-order valence-corrected chi connectivity index (χ1v) is 13.4. The first kappa shape index (κ1) is 28.8. The molecule has 0 saturated heterocycles. The molecule has 212 valence electrons. The second-order valence-electron chi connectivity index (χ2n) is 11.7. The van der Waals surface area contributed by atoms with E-state index in [1.165, 1.54) is 13.0 Å². The minimum atomic E-state index is -1.35. The standard InChI is InChI=1S/C32H39F3N2O2.H2/c1-10-21-22(25(35)13-12-24(21)34)16-19(4)28-27(36(8)9)18(3)14-15-37(28)30(38)29-26(20(5)33)23-17-32(23,39-29)31(6,7)11-2;/h10-13,16,20,23,28H,1-2,14-15,17H2,3-9H3;1H/b19-16+;/t20?,23?,28-,32?;/m0./s1. The molecule has 4 atom stereocenters. The lowest BCUT2D eigenvalue weighted by Crippen LogP contribution is -2.49. The first-order chi connectivity index (χ1) is 18.2. The number of likely N-dealkylation sites (N-methyl/N-ethyl adjacent to an activating group) is 1. The van der Waals surface area contributed by atoms with Crippen molar-refractivity contribution in [1.29, 1.82) is 0 Å². The van der Waals surface area contributed by atoms with Gasteiger partial charge in [0.1, 0.15) is 23.4 Å². The number of nitrogens with zero attached hydrogens (tertiary/aromatic N) is 2. The summed E-state index contributed by atoms with van der Waals surface area (Å²) in [5, 5.41) is 0. The third-order valence-electron chi connectivity index (χ3n) is 8.72. The Balaban J connectivity index is 0.00000441. The maximum atomic E-state index is 15.0. The van der Waals surface area contributed by atoms with Crippen LogP contribution in [0.3, 0.4) is 0 Å². The third-order valence-corrected chi connectivity index (χ3v) is 8.72. The molecule has 3 aliphatic rings. The number of fused-ring (bicyclic) bond motifs is 1. The highest BCUT2D eigenvalue weighted by molar-refractivity contribution is 5.95. The highest BCUT2D eigenvalue weighted by atomic mass is 19.1. The van der Waals surface area contributed by atoms with Gasteiger partial charge in [-0.3, -0.25) is 4.79 Å². The molecule has 0 aromatic heterocycles. The molecule has 1 aromatic carbocycles. The van der Waals surface area contributed by atoms with Gasteiger partial charge in [0.25, 0.3) is 5.91 Å². The summed E-state index contributed by atoms with van der Waals surface area (Å²) in [6, 6.07) is 1.56. The summed E-state index contributed by atoms with van der Waals surface area (Å²) in [7, 11) is 3.78. The van der Waals surface area contributed by atoms with Crippen LogP contribution >= 0.6 is 0 Å². The van der Waals surface area contributed by atoms with Crippen LogP contribution in [0, 0.1) is 23.0 Å². The van der Waals surface area contributed by atoms with Crippen LogP contribution in [0.1, 0.15) is 60.0 Å². The third kappa shape index (κ3) is 4.53. The molecular formula is C32H41F3N2O2. The SMILES string of the molecule is C=Cc1c(F)ccc(F)c1/C=C(\C)[C@H]1C(N(C)C)=C(C)CCN1C(=O)C1=C(C(C)F)C2CC2(C(C)(C)C=C)O1.[HH]. The highest BCUT2D eigenvalue weighted by Gasteiger charge is 2.71. The topological polar surface area (TPSA) is 32.8 Å². The summed E-state index contributed by atoms with van der Waals surface area (Å²) in [6.07, 6.45) is 4.58. The molecule has 39 heavy (non-hydrogen) atoms. The van der Waals surface area contributed by atoms with Gasteiger partial charge in [-0.1, -0.05) is 32.6 Å². The van der Waals surface area contributed by atoms with Crippen molar-refractivity contribution in [3.8, 4) is 0 Å². The van der Waals surface area contributed by atoms with E-state index in [1.54, 1.807) is 24.0 Å². The number of halogens is 3. The molecule has 0 radical (unpaired) electrons. The van der Waals surface area contributed by atoms with Gasteiger partial charge < -0.3 is 14.5 Å². The molecule has 4 nitrogen and oxygen atoms in total. The van der Waals surface area contributed by atoms with Crippen LogP contribution in [0.25, 0.3) is 12.2 Å². The lowest BCUT2D eigenvalue weighted by atomic mass is 9.82. The van der Waals surface area contributed by atoms with Gasteiger partial charge in [0.15, 0.2) is 5.76 Å². The van der Waals surface area contributed by atoms with E-state index in [0.717, 1.165) is 23.4 Å². The molecular weight excluding hydrogens is 501 g/mol. The molecule has 2 heterocycles. The van der Waals surface area contributed by atoms with E-state index in [-0.39, 0.29) is 24.2 Å². The smallest absolute Gasteiger partial charge is 0.289 e. The van der Waals surface area contributed by atoms with Crippen LogP contribution in [0.2, 0.25) is 0 Å². The summed E-state index contributed by atoms with van der Waals surface area (Å²) in [5.41, 5.74) is 1.97. The quantitative estimate of drug-likeness (QED) is 0.323. The lowest BCUT2D eigenvalue weighted by Gasteiger charge is -2.42. The number of amides is 1. The fraction of sp³-hybridized carbons (Fsp3) is 0.469. The largest absolute Gasteiger partial charge is 0.480 e. The van der Waals surface area contributed by atoms with Crippen molar-refractivity contribution in [2.24, 2.45) is 11.3 Å². The predicted octanol–water partition coefficient (Wildman–Crippen LogP) is 7.31. The fourth-order valence-electron chi connectivity index (χ4n) is 6.37. The number of ether oxygens (including phenoxy) is 1. The molecule has 0 spiro atoms. The van der Waals surface area contributed by atoms with Crippen molar-refractivity contribution in [2.45, 2.75) is 65.3 Å². The van der Waals surface area contributed by atoms with Crippen LogP contribution in [-0.4, -0.2) is 54.2 Å². The van der Waals surface area contributed by atoms with E-state index >= 15 is 4.39 Å². The molecule has 1 amide bonds. The number of carbonyl (C=O) groups excluding carboxylic acids is 1. The Morgan fingerprint density at radius 2 is 1.87 bits per heavy atom. The molecule has 1 aliphatic carbocycles. The molecule has 0 N–H and O–H groups in total. The second-order valence-corrected chi connectivity index (χ2v) is 11.7. The number of rotatable bonds is 8. The van der Waals surface area contributed by atoms with Crippen molar-refractivity contribution in [2.75, 3.05) is 20.6 Å². The zero-order chi connectivity index (χ0) is 29.0. The molecule has 3 unspecified atom stereocenters. The molecule has 7 heteroatoms. The van der Waals surface area contributed by atoms with Gasteiger partial charge in [-0.15, -0.1) is 6.58 Å². The first-order valence-electron chi connectivity index (χ1n) is 13.4. The second kappa shape index (κ2) is 10.1. The van der Waals surface area contributed by atoms with Crippen molar-refractivity contribution < 1.29 is 24.1 Å². The molecule has 1 aromatic rings. The van der Waals surface area contributed by atoms with Crippen LogP contribution < -0.4 is 0 Å². The molecule has 1 fully saturated rings. The van der Waals surface area contributed by atoms with Gasteiger partial charge in [-0.25, -0.2) is 13.2 Å². The Hall–Kier alpha value is -3.22. The minimum absolute atomic E-state index is 0. The van der Waals surface area contributed by atoms with E-state index in [9.17, 15) is 13.6 Å². The van der Waals surface area contributed by atoms with E-state index < -0.39 is 40.8 Å². The lowest BCUT2D eigenvalue weighted by molar-refractivity contribution is -0.134. The average Bonchev–Trinajstić information content (AvgIpc) is 3.50. The van der Waals surface area contributed by atoms with E-state index in [1.807, 2.05) is 39.8 Å². The number of hydrogen-bond acceptors (Lipinski definition) is 3. The van der Waals surface area contributed by atoms with Gasteiger partial charge in [-0.05, 0) is 63.0 Å². The fourth-order valence-corrected chi connectivity index (χ4v) is 6.37. The van der Waals surface area contributed by atoms with Crippen LogP contribution in [-0.2, 0) is 9.53 Å². The van der Waals surface area contributed by atoms with E-state index in [0.29, 0.717) is 30.5 Å². The molecule has 4 rings (SSSR count). The Bertz CT molecular complexity index is 1330. The Labute approximate surface area is 231 Å². The normalized spacial score (nSPS) is 25.8. The van der Waals surface area contributed by atoms with Gasteiger partial charge in [0.2, 0.25) is 0 Å². The van der Waals surface area contributed by atoms with E-state index in [2.05, 4.69) is 13.2 Å². The van der Waals surface area contributed by atoms with Crippen molar-refractivity contribution >= 4 is 18.1 Å². The zero-order valence-corrected chi connectivity index (χ0v) is 24.0. The van der Waals surface area contributed by atoms with Crippen molar-refractivity contribution in [3.05, 3.63) is 82.3 Å². The number of benzene rings is 1. The van der Waals surface area contributed by atoms with Gasteiger partial charge in [0.05, 0.1) is 6.04 Å². The van der Waals surface area contributed by atoms with Gasteiger partial charge >= 0.3 is 0 Å². The van der Waals surface area contributed by atoms with Crippen LogP contribution in [0.5, 0.6) is 0 Å². The van der Waals surface area contributed by atoms with Gasteiger partial charge in [0, 0.05) is 55.8 Å². The van der Waals surface area contributed by atoms with Crippen molar-refractivity contribution in [3.63, 3.8) is 0 Å². The van der Waals surface area contributed by atoms with Crippen LogP contribution in [0.4, 0.5) is 13.2 Å². The van der Waals surface area contributed by atoms with Gasteiger partial charge in [-0.2, -0.15) is 0 Å². The number of hydrogen-bond donors (Lipinski definition) is 0. The maximum Gasteiger partial charge on any atom is 0.289 e. The molecule has 0 bridgehead atoms. The summed E-state index contributed by atoms with van der Waals surface area (Å²) in [4.78, 5) is 17.9. The summed E-state index contributed by atoms with van der Waals surface area (Å²) < 4.78 is 50.9. The average molecular weight is 543 g/mol. The van der Waals surface area contributed by atoms with E-state index in [4.69, 9.17) is 4.74 Å². The maximum absolute atomic E-state index is 15.0. The number of alkyl halides is 1. The van der Waals surface area contributed by atoms with Crippen molar-refractivity contribution in [1.82, 2.24) is 9.80 Å². The Morgan fingerprint density at radius 3 is 2.41 bits per heavy atom. The predicted molar refractivity (Wildman–Crippen MR) is 152 cm³/mol.